The van der Waals surface area contributed by atoms with Crippen molar-refractivity contribution >= 4 is 12.2 Å². The van der Waals surface area contributed by atoms with E-state index >= 15 is 0 Å². The molecule has 1 heterocycles. The first-order valence-corrected chi connectivity index (χ1v) is 9.68. The first kappa shape index (κ1) is 18.1. The number of alkyl carbamates (subject to hydrolysis) is 1. The zero-order valence-electron chi connectivity index (χ0n) is 16.3. The van der Waals surface area contributed by atoms with Crippen LogP contribution < -0.4 is 5.32 Å². The number of fused-ring (bicyclic) bond motifs is 2. The molecular weight excluding hydrogens is 344 g/mol. The minimum absolute atomic E-state index is 0.262. The first-order valence-electron chi connectivity index (χ1n) is 9.68. The van der Waals surface area contributed by atoms with Gasteiger partial charge in [-0.3, -0.25) is 0 Å². The molecule has 1 spiro atoms. The minimum atomic E-state index is -0.538. The van der Waals surface area contributed by atoms with Gasteiger partial charge in [0.05, 0.1) is 5.54 Å². The van der Waals surface area contributed by atoms with E-state index in [1.807, 2.05) is 51.1 Å². The second kappa shape index (κ2) is 6.14. The molecule has 27 heavy (non-hydrogen) atoms. The van der Waals surface area contributed by atoms with E-state index in [4.69, 9.17) is 9.47 Å². The summed E-state index contributed by atoms with van der Waals surface area (Å²) >= 11 is 0. The Morgan fingerprint density at radius 3 is 2.56 bits per heavy atom. The van der Waals surface area contributed by atoms with Gasteiger partial charge in [0, 0.05) is 19.0 Å². The molecule has 3 fully saturated rings. The highest BCUT2D eigenvalue weighted by atomic mass is 16.6. The van der Waals surface area contributed by atoms with Crippen molar-refractivity contribution in [2.24, 2.45) is 11.3 Å². The highest BCUT2D eigenvalue weighted by Crippen LogP contribution is 2.70. The minimum Gasteiger partial charge on any atom is -0.445 e. The smallest absolute Gasteiger partial charge is 0.410 e. The number of nitrogens with zero attached hydrogens (tertiary/aromatic N) is 1. The van der Waals surface area contributed by atoms with Crippen LogP contribution >= 0.6 is 0 Å². The van der Waals surface area contributed by atoms with E-state index in [1.165, 1.54) is 12.8 Å². The lowest BCUT2D eigenvalue weighted by Gasteiger charge is -2.51. The van der Waals surface area contributed by atoms with Crippen LogP contribution in [0.2, 0.25) is 0 Å². The molecule has 3 aliphatic rings. The van der Waals surface area contributed by atoms with Crippen LogP contribution in [0.3, 0.4) is 0 Å². The Balaban J connectivity index is 1.39. The van der Waals surface area contributed by atoms with Gasteiger partial charge in [0.1, 0.15) is 12.2 Å². The quantitative estimate of drug-likeness (QED) is 0.878. The van der Waals surface area contributed by atoms with Crippen LogP contribution in [0.25, 0.3) is 0 Å². The van der Waals surface area contributed by atoms with Crippen molar-refractivity contribution < 1.29 is 19.1 Å². The lowest BCUT2D eigenvalue weighted by molar-refractivity contribution is 0.00275. The average molecular weight is 372 g/mol. The van der Waals surface area contributed by atoms with E-state index in [9.17, 15) is 9.59 Å². The van der Waals surface area contributed by atoms with Crippen LogP contribution in [0.1, 0.15) is 45.6 Å². The molecule has 0 aromatic heterocycles. The van der Waals surface area contributed by atoms with Crippen LogP contribution in [0.4, 0.5) is 9.59 Å². The topological polar surface area (TPSA) is 67.9 Å². The van der Waals surface area contributed by atoms with E-state index in [2.05, 4.69) is 5.32 Å². The lowest BCUT2D eigenvalue weighted by atomic mass is 9.58. The number of hydrogen-bond acceptors (Lipinski definition) is 4. The molecule has 2 saturated carbocycles. The Kier molecular flexibility index (Phi) is 4.13. The Morgan fingerprint density at radius 1 is 1.22 bits per heavy atom. The molecule has 4 rings (SSSR count). The number of benzene rings is 1. The Morgan fingerprint density at radius 2 is 1.93 bits per heavy atom. The molecule has 2 atom stereocenters. The molecule has 1 N–H and O–H groups in total. The molecule has 2 aliphatic carbocycles. The monoisotopic (exact) mass is 372 g/mol. The maximum absolute atomic E-state index is 12.6. The summed E-state index contributed by atoms with van der Waals surface area (Å²) in [5, 5.41) is 3.09. The van der Waals surface area contributed by atoms with Gasteiger partial charge in [-0.15, -0.1) is 0 Å². The van der Waals surface area contributed by atoms with Crippen molar-refractivity contribution in [3.63, 3.8) is 0 Å². The molecule has 0 bridgehead atoms. The number of hydrogen-bond donors (Lipinski definition) is 1. The van der Waals surface area contributed by atoms with Crippen molar-refractivity contribution in [2.75, 3.05) is 13.1 Å². The number of rotatable bonds is 3. The SMILES string of the molecule is CC(C)(C)OC(=O)N[C@]12CN(C(=O)OCc3ccccc3)C[C@H]1C1(CC1)C2. The fourth-order valence-electron chi connectivity index (χ4n) is 4.80. The van der Waals surface area contributed by atoms with Crippen LogP contribution in [0.5, 0.6) is 0 Å². The third kappa shape index (κ3) is 3.49. The predicted molar refractivity (Wildman–Crippen MR) is 100 cm³/mol. The second-order valence-corrected chi connectivity index (χ2v) is 9.30. The van der Waals surface area contributed by atoms with Gasteiger partial charge in [0.15, 0.2) is 0 Å². The number of amides is 2. The van der Waals surface area contributed by atoms with E-state index in [-0.39, 0.29) is 18.2 Å². The summed E-state index contributed by atoms with van der Waals surface area (Å²) in [7, 11) is 0. The Labute approximate surface area is 160 Å². The number of carbonyl (C=O) groups is 2. The summed E-state index contributed by atoms with van der Waals surface area (Å²) in [5.74, 6) is 0.293. The van der Waals surface area contributed by atoms with Gasteiger partial charge in [-0.2, -0.15) is 0 Å². The third-order valence-corrected chi connectivity index (χ3v) is 6.06. The molecule has 146 valence electrons. The zero-order chi connectivity index (χ0) is 19.3. The molecule has 1 aliphatic heterocycles. The van der Waals surface area contributed by atoms with E-state index in [0.29, 0.717) is 24.4 Å². The lowest BCUT2D eigenvalue weighted by Crippen LogP contribution is -2.65. The average Bonchev–Trinajstić information content (AvgIpc) is 3.31. The van der Waals surface area contributed by atoms with Crippen molar-refractivity contribution in [1.29, 1.82) is 0 Å². The van der Waals surface area contributed by atoms with Crippen LogP contribution in [-0.4, -0.2) is 41.3 Å². The standard InChI is InChI=1S/C21H28N2O4/c1-19(2,3)27-17(24)22-21-13-20(9-10-20)16(21)11-23(14-21)18(25)26-12-15-7-5-4-6-8-15/h4-8,16H,9-14H2,1-3H3,(H,22,24)/t16-,21+/m0/s1. The van der Waals surface area contributed by atoms with Gasteiger partial charge < -0.3 is 19.7 Å². The molecule has 0 radical (unpaired) electrons. The van der Waals surface area contributed by atoms with E-state index in [0.717, 1.165) is 12.0 Å². The van der Waals surface area contributed by atoms with Crippen molar-refractivity contribution in [3.8, 4) is 0 Å². The third-order valence-electron chi connectivity index (χ3n) is 6.06. The summed E-state index contributed by atoms with van der Waals surface area (Å²) in [6, 6.07) is 9.66. The van der Waals surface area contributed by atoms with Gasteiger partial charge in [0.2, 0.25) is 0 Å². The normalized spacial score (nSPS) is 27.5. The first-order chi connectivity index (χ1) is 12.7. The van der Waals surface area contributed by atoms with Gasteiger partial charge >= 0.3 is 12.2 Å². The molecule has 6 nitrogen and oxygen atoms in total. The molecule has 1 saturated heterocycles. The van der Waals surface area contributed by atoms with E-state index < -0.39 is 11.7 Å². The fourth-order valence-corrected chi connectivity index (χ4v) is 4.80. The number of carbonyl (C=O) groups excluding carboxylic acids is 2. The highest BCUT2D eigenvalue weighted by Gasteiger charge is 2.72. The van der Waals surface area contributed by atoms with Crippen LogP contribution in [0.15, 0.2) is 30.3 Å². The largest absolute Gasteiger partial charge is 0.445 e. The highest BCUT2D eigenvalue weighted by molar-refractivity contribution is 5.72. The molecule has 6 heteroatoms. The van der Waals surface area contributed by atoms with Gasteiger partial charge in [-0.1, -0.05) is 30.3 Å². The maximum Gasteiger partial charge on any atom is 0.410 e. The molecule has 2 amide bonds. The van der Waals surface area contributed by atoms with Crippen LogP contribution in [0, 0.1) is 11.3 Å². The Hall–Kier alpha value is -2.24. The predicted octanol–water partition coefficient (Wildman–Crippen LogP) is 3.70. The molecule has 0 unspecified atom stereocenters. The molecule has 1 aromatic rings. The second-order valence-electron chi connectivity index (χ2n) is 9.30. The van der Waals surface area contributed by atoms with Crippen molar-refractivity contribution in [1.82, 2.24) is 10.2 Å². The van der Waals surface area contributed by atoms with Gasteiger partial charge in [-0.05, 0) is 51.0 Å². The molecule has 1 aromatic carbocycles. The number of likely N-dealkylation sites (tertiary alicyclic amines) is 1. The number of nitrogens with one attached hydrogen (secondary N) is 1. The maximum atomic E-state index is 12.6. The van der Waals surface area contributed by atoms with E-state index in [1.54, 1.807) is 4.90 Å². The fraction of sp³-hybridized carbons (Fsp3) is 0.619. The summed E-state index contributed by atoms with van der Waals surface area (Å²) in [6.45, 7) is 6.96. The van der Waals surface area contributed by atoms with Gasteiger partial charge in [-0.25, -0.2) is 9.59 Å². The van der Waals surface area contributed by atoms with Crippen molar-refractivity contribution in [2.45, 2.75) is 57.8 Å². The number of ether oxygens (including phenoxy) is 2. The zero-order valence-corrected chi connectivity index (χ0v) is 16.3. The van der Waals surface area contributed by atoms with Crippen molar-refractivity contribution in [3.05, 3.63) is 35.9 Å². The Bertz CT molecular complexity index is 738. The molecular formula is C21H28N2O4. The summed E-state index contributed by atoms with van der Waals surface area (Å²) < 4.78 is 11.0. The van der Waals surface area contributed by atoms with Crippen LogP contribution in [-0.2, 0) is 16.1 Å². The van der Waals surface area contributed by atoms with Gasteiger partial charge in [0.25, 0.3) is 0 Å². The summed E-state index contributed by atoms with van der Waals surface area (Å²) in [4.78, 5) is 26.7. The summed E-state index contributed by atoms with van der Waals surface area (Å²) in [5.41, 5.74) is 0.367. The summed E-state index contributed by atoms with van der Waals surface area (Å²) in [6.07, 6.45) is 2.58.